The van der Waals surface area contributed by atoms with Crippen LogP contribution in [0.4, 0.5) is 0 Å². The van der Waals surface area contributed by atoms with E-state index in [1.165, 1.54) is 5.56 Å². The zero-order valence-corrected chi connectivity index (χ0v) is 16.2. The lowest BCUT2D eigenvalue weighted by Gasteiger charge is -2.22. The molecule has 0 aliphatic carbocycles. The van der Waals surface area contributed by atoms with Crippen LogP contribution < -0.4 is 10.2 Å². The monoisotopic (exact) mass is 376 g/mol. The molecule has 5 nitrogen and oxygen atoms in total. The summed E-state index contributed by atoms with van der Waals surface area (Å²) >= 11 is 1.67. The average molecular weight is 376 g/mol. The summed E-state index contributed by atoms with van der Waals surface area (Å²) in [5.74, 6) is 0.594. The highest BCUT2D eigenvalue weighted by Crippen LogP contribution is 2.40. The van der Waals surface area contributed by atoms with E-state index >= 15 is 0 Å². The van der Waals surface area contributed by atoms with E-state index in [2.05, 4.69) is 58.6 Å². The molecule has 3 heterocycles. The summed E-state index contributed by atoms with van der Waals surface area (Å²) in [6, 6.07) is 16.3. The first-order chi connectivity index (χ1) is 13.1. The second-order valence-electron chi connectivity index (χ2n) is 6.52. The van der Waals surface area contributed by atoms with Gasteiger partial charge in [-0.3, -0.25) is 10.4 Å². The molecular weight excluding hydrogens is 356 g/mol. The van der Waals surface area contributed by atoms with Crippen molar-refractivity contribution in [3.63, 3.8) is 0 Å². The van der Waals surface area contributed by atoms with E-state index in [4.69, 9.17) is 4.74 Å². The Hall–Kier alpha value is -2.86. The minimum Gasteiger partial charge on any atom is -0.481 e. The van der Waals surface area contributed by atoms with Gasteiger partial charge in [-0.1, -0.05) is 47.7 Å². The summed E-state index contributed by atoms with van der Waals surface area (Å²) < 4.78 is 5.35. The van der Waals surface area contributed by atoms with Crippen molar-refractivity contribution in [2.45, 2.75) is 18.7 Å². The molecule has 6 heteroatoms. The van der Waals surface area contributed by atoms with Gasteiger partial charge < -0.3 is 4.74 Å². The van der Waals surface area contributed by atoms with E-state index in [-0.39, 0.29) is 0 Å². The van der Waals surface area contributed by atoms with Gasteiger partial charge in [-0.05, 0) is 32.0 Å². The summed E-state index contributed by atoms with van der Waals surface area (Å²) in [6.45, 7) is 4.17. The van der Waals surface area contributed by atoms with Crippen molar-refractivity contribution in [1.29, 1.82) is 0 Å². The number of aryl methyl sites for hydroxylation is 1. The molecule has 0 spiro atoms. The first-order valence-corrected chi connectivity index (χ1v) is 9.47. The molecule has 4 rings (SSSR count). The Kier molecular flexibility index (Phi) is 4.58. The highest BCUT2D eigenvalue weighted by Gasteiger charge is 2.35. The number of hydrogen-bond donors (Lipinski definition) is 1. The minimum absolute atomic E-state index is 0.405. The van der Waals surface area contributed by atoms with Crippen LogP contribution in [0, 0.1) is 6.92 Å². The SMILES string of the molecule is COc1ncccc1-c1ccc(C2(C)NN=C(c3ccc(C)cc3)S2)nc1. The van der Waals surface area contributed by atoms with Crippen LogP contribution in [0.25, 0.3) is 11.1 Å². The lowest BCUT2D eigenvalue weighted by Crippen LogP contribution is -2.29. The van der Waals surface area contributed by atoms with E-state index in [1.54, 1.807) is 25.1 Å². The standard InChI is InChI=1S/C21H20N4OS/c1-14-6-8-15(9-7-14)20-24-25-21(2,27-20)18-11-10-16(13-23-18)17-5-4-12-22-19(17)26-3/h4-13,25H,1-3H3. The second kappa shape index (κ2) is 7.04. The van der Waals surface area contributed by atoms with Crippen molar-refractivity contribution >= 4 is 16.8 Å². The van der Waals surface area contributed by atoms with Crippen molar-refractivity contribution in [2.75, 3.05) is 7.11 Å². The number of benzene rings is 1. The Morgan fingerprint density at radius 1 is 1.00 bits per heavy atom. The molecule has 1 aliphatic rings. The van der Waals surface area contributed by atoms with Gasteiger partial charge in [0.2, 0.25) is 5.88 Å². The number of thioether (sulfide) groups is 1. The molecular formula is C21H20N4OS. The van der Waals surface area contributed by atoms with E-state index in [1.807, 2.05) is 30.5 Å². The normalized spacial score (nSPS) is 18.7. The van der Waals surface area contributed by atoms with Gasteiger partial charge >= 0.3 is 0 Å². The molecule has 136 valence electrons. The fraction of sp³-hybridized carbons (Fsp3) is 0.190. The number of methoxy groups -OCH3 is 1. The Morgan fingerprint density at radius 2 is 1.78 bits per heavy atom. The summed E-state index contributed by atoms with van der Waals surface area (Å²) in [5, 5.41) is 5.50. The molecule has 1 N–H and O–H groups in total. The predicted molar refractivity (Wildman–Crippen MR) is 110 cm³/mol. The number of hydrogen-bond acceptors (Lipinski definition) is 6. The van der Waals surface area contributed by atoms with Crippen LogP contribution in [-0.2, 0) is 4.87 Å². The van der Waals surface area contributed by atoms with Crippen LogP contribution in [0.3, 0.4) is 0 Å². The number of ether oxygens (including phenoxy) is 1. The molecule has 2 aromatic heterocycles. The topological polar surface area (TPSA) is 59.4 Å². The molecule has 27 heavy (non-hydrogen) atoms. The highest BCUT2D eigenvalue weighted by atomic mass is 32.2. The van der Waals surface area contributed by atoms with Gasteiger partial charge in [-0.2, -0.15) is 5.10 Å². The van der Waals surface area contributed by atoms with Crippen LogP contribution in [0.15, 0.2) is 66.0 Å². The van der Waals surface area contributed by atoms with E-state index in [0.29, 0.717) is 5.88 Å². The quantitative estimate of drug-likeness (QED) is 0.734. The molecule has 1 aromatic carbocycles. The molecule has 1 aliphatic heterocycles. The summed E-state index contributed by atoms with van der Waals surface area (Å²) in [4.78, 5) is 8.53. The largest absolute Gasteiger partial charge is 0.481 e. The molecule has 1 atom stereocenters. The maximum atomic E-state index is 5.35. The fourth-order valence-electron chi connectivity index (χ4n) is 2.93. The predicted octanol–water partition coefficient (Wildman–Crippen LogP) is 4.33. The molecule has 0 saturated heterocycles. The Bertz CT molecular complexity index is 986. The first kappa shape index (κ1) is 17.5. The first-order valence-electron chi connectivity index (χ1n) is 8.66. The third-order valence-electron chi connectivity index (χ3n) is 4.50. The van der Waals surface area contributed by atoms with Gasteiger partial charge in [0.05, 0.1) is 12.8 Å². The third-order valence-corrected chi connectivity index (χ3v) is 5.73. The minimum atomic E-state index is -0.405. The number of nitrogens with zero attached hydrogens (tertiary/aromatic N) is 3. The molecule has 0 saturated carbocycles. The zero-order chi connectivity index (χ0) is 18.9. The second-order valence-corrected chi connectivity index (χ2v) is 7.93. The smallest absolute Gasteiger partial charge is 0.221 e. The summed E-state index contributed by atoms with van der Waals surface area (Å²) in [7, 11) is 1.62. The van der Waals surface area contributed by atoms with Crippen molar-refractivity contribution in [3.05, 3.63) is 77.7 Å². The number of pyridine rings is 2. The number of nitrogens with one attached hydrogen (secondary N) is 1. The lowest BCUT2D eigenvalue weighted by molar-refractivity contribution is 0.399. The molecule has 1 unspecified atom stereocenters. The third kappa shape index (κ3) is 3.40. The Morgan fingerprint density at radius 3 is 2.48 bits per heavy atom. The van der Waals surface area contributed by atoms with Crippen LogP contribution in [0.2, 0.25) is 0 Å². The zero-order valence-electron chi connectivity index (χ0n) is 15.4. The van der Waals surface area contributed by atoms with Crippen molar-refractivity contribution in [2.24, 2.45) is 5.10 Å². The molecule has 0 radical (unpaired) electrons. The van der Waals surface area contributed by atoms with Crippen LogP contribution >= 0.6 is 11.8 Å². The van der Waals surface area contributed by atoms with Crippen LogP contribution in [0.5, 0.6) is 5.88 Å². The maximum absolute atomic E-state index is 5.35. The molecule has 0 amide bonds. The molecule has 0 bridgehead atoms. The van der Waals surface area contributed by atoms with Gasteiger partial charge in [-0.25, -0.2) is 4.98 Å². The fourth-order valence-corrected chi connectivity index (χ4v) is 3.98. The van der Waals surface area contributed by atoms with Crippen molar-refractivity contribution in [3.8, 4) is 17.0 Å². The summed E-state index contributed by atoms with van der Waals surface area (Å²) in [5.41, 5.74) is 8.41. The number of hydrazone groups is 1. The Balaban J connectivity index is 1.57. The highest BCUT2D eigenvalue weighted by molar-refractivity contribution is 8.15. The van der Waals surface area contributed by atoms with Crippen LogP contribution in [0.1, 0.15) is 23.7 Å². The van der Waals surface area contributed by atoms with Gasteiger partial charge in [0.1, 0.15) is 9.91 Å². The number of aromatic nitrogens is 2. The lowest BCUT2D eigenvalue weighted by atomic mass is 10.1. The van der Waals surface area contributed by atoms with Gasteiger partial charge in [-0.15, -0.1) is 0 Å². The Labute approximate surface area is 162 Å². The maximum Gasteiger partial charge on any atom is 0.221 e. The van der Waals surface area contributed by atoms with Gasteiger partial charge in [0.25, 0.3) is 0 Å². The summed E-state index contributed by atoms with van der Waals surface area (Å²) in [6.07, 6.45) is 3.57. The van der Waals surface area contributed by atoms with Crippen LogP contribution in [-0.4, -0.2) is 22.1 Å². The van der Waals surface area contributed by atoms with E-state index in [9.17, 15) is 0 Å². The van der Waals surface area contributed by atoms with Crippen molar-refractivity contribution in [1.82, 2.24) is 15.4 Å². The van der Waals surface area contributed by atoms with E-state index < -0.39 is 4.87 Å². The van der Waals surface area contributed by atoms with Crippen molar-refractivity contribution < 1.29 is 4.74 Å². The van der Waals surface area contributed by atoms with E-state index in [0.717, 1.165) is 27.4 Å². The molecule has 3 aromatic rings. The number of rotatable bonds is 4. The average Bonchev–Trinajstić information content (AvgIpc) is 3.12. The molecule has 0 fully saturated rings. The van der Waals surface area contributed by atoms with Gasteiger partial charge in [0.15, 0.2) is 0 Å². The van der Waals surface area contributed by atoms with Gasteiger partial charge in [0, 0.05) is 29.1 Å².